The summed E-state index contributed by atoms with van der Waals surface area (Å²) >= 11 is 11.2. The van der Waals surface area contributed by atoms with Crippen molar-refractivity contribution in [1.82, 2.24) is 5.01 Å². The second kappa shape index (κ2) is 10.8. The summed E-state index contributed by atoms with van der Waals surface area (Å²) in [4.78, 5) is 17.1. The number of amides is 1. The van der Waals surface area contributed by atoms with E-state index in [0.717, 1.165) is 23.4 Å². The number of hydrogen-bond donors (Lipinski definition) is 1. The zero-order valence-corrected chi connectivity index (χ0v) is 22.8. The van der Waals surface area contributed by atoms with Gasteiger partial charge in [-0.1, -0.05) is 49.1 Å². The highest BCUT2D eigenvalue weighted by Gasteiger charge is 2.38. The summed E-state index contributed by atoms with van der Waals surface area (Å²) < 4.78 is 12.2. The molecule has 0 bridgehead atoms. The Labute approximate surface area is 227 Å². The lowest BCUT2D eigenvalue weighted by Crippen LogP contribution is -2.35. The Kier molecular flexibility index (Phi) is 7.50. The topological polar surface area (TPSA) is 87.3 Å². The van der Waals surface area contributed by atoms with E-state index in [4.69, 9.17) is 26.5 Å². The van der Waals surface area contributed by atoms with Crippen LogP contribution in [0, 0.1) is 11.3 Å². The smallest absolute Gasteiger partial charge is 0.283 e. The van der Waals surface area contributed by atoms with Crippen molar-refractivity contribution in [3.63, 3.8) is 0 Å². The molecule has 2 aliphatic heterocycles. The van der Waals surface area contributed by atoms with Gasteiger partial charge in [0, 0.05) is 16.5 Å². The molecule has 1 saturated carbocycles. The van der Waals surface area contributed by atoms with Gasteiger partial charge in [0.15, 0.2) is 17.3 Å². The third-order valence-corrected chi connectivity index (χ3v) is 8.35. The SMILES string of the molecule is COc1cc(/C=C2/C(=N)N3N=C(C4CCCCC4)SC3=NC2=O)cc(Br)c1OCc1ccccc1Cl. The Balaban J connectivity index is 1.39. The second-order valence-corrected chi connectivity index (χ2v) is 11.0. The average Bonchev–Trinajstić information content (AvgIpc) is 3.31. The molecule has 1 amide bonds. The lowest BCUT2D eigenvalue weighted by Gasteiger charge is -2.20. The zero-order chi connectivity index (χ0) is 25.2. The number of halogens is 2. The normalized spacial score (nSPS) is 19.3. The van der Waals surface area contributed by atoms with Gasteiger partial charge in [-0.15, -0.1) is 0 Å². The van der Waals surface area contributed by atoms with E-state index in [9.17, 15) is 4.79 Å². The van der Waals surface area contributed by atoms with Gasteiger partial charge in [0.25, 0.3) is 5.91 Å². The molecule has 0 saturated heterocycles. The second-order valence-electron chi connectivity index (χ2n) is 8.71. The number of hydrogen-bond acceptors (Lipinski definition) is 6. The minimum Gasteiger partial charge on any atom is -0.493 e. The maximum atomic E-state index is 12.9. The number of methoxy groups -OCH3 is 1. The molecule has 0 aromatic heterocycles. The van der Waals surface area contributed by atoms with Gasteiger partial charge in [-0.2, -0.15) is 15.1 Å². The van der Waals surface area contributed by atoms with Crippen molar-refractivity contribution in [2.75, 3.05) is 7.11 Å². The highest BCUT2D eigenvalue weighted by Crippen LogP contribution is 2.39. The van der Waals surface area contributed by atoms with Crippen LogP contribution < -0.4 is 9.47 Å². The van der Waals surface area contributed by atoms with Crippen molar-refractivity contribution in [2.24, 2.45) is 16.0 Å². The third kappa shape index (κ3) is 5.10. The monoisotopic (exact) mass is 586 g/mol. The van der Waals surface area contributed by atoms with Gasteiger partial charge in [-0.3, -0.25) is 10.2 Å². The first-order chi connectivity index (χ1) is 17.4. The molecule has 1 fully saturated rings. The molecule has 0 unspecified atom stereocenters. The van der Waals surface area contributed by atoms with E-state index in [1.54, 1.807) is 19.3 Å². The average molecular weight is 588 g/mol. The lowest BCUT2D eigenvalue weighted by molar-refractivity contribution is -0.114. The number of aliphatic imine (C=N–C) groups is 1. The van der Waals surface area contributed by atoms with Crippen molar-refractivity contribution in [3.05, 3.63) is 62.6 Å². The van der Waals surface area contributed by atoms with E-state index in [-0.39, 0.29) is 18.0 Å². The number of ether oxygens (including phenoxy) is 2. The van der Waals surface area contributed by atoms with Gasteiger partial charge < -0.3 is 9.47 Å². The highest BCUT2D eigenvalue weighted by atomic mass is 79.9. The Morgan fingerprint density at radius 1 is 1.25 bits per heavy atom. The fourth-order valence-corrected chi connectivity index (χ4v) is 6.24. The molecule has 10 heteroatoms. The van der Waals surface area contributed by atoms with Crippen molar-refractivity contribution in [2.45, 2.75) is 38.7 Å². The quantitative estimate of drug-likeness (QED) is 0.372. The molecule has 0 spiro atoms. The van der Waals surface area contributed by atoms with Crippen LogP contribution in [-0.2, 0) is 11.4 Å². The molecule has 36 heavy (non-hydrogen) atoms. The molecule has 1 N–H and O–H groups in total. The number of benzene rings is 2. The van der Waals surface area contributed by atoms with Crippen LogP contribution in [0.4, 0.5) is 0 Å². The van der Waals surface area contributed by atoms with Crippen LogP contribution in [0.3, 0.4) is 0 Å². The summed E-state index contributed by atoms with van der Waals surface area (Å²) in [6.07, 6.45) is 7.45. The first kappa shape index (κ1) is 25.0. The van der Waals surface area contributed by atoms with Gasteiger partial charge in [-0.25, -0.2) is 0 Å². The highest BCUT2D eigenvalue weighted by molar-refractivity contribution is 9.10. The molecule has 0 atom stereocenters. The van der Waals surface area contributed by atoms with E-state index >= 15 is 0 Å². The molecule has 2 heterocycles. The molecule has 2 aromatic carbocycles. The number of fused-ring (bicyclic) bond motifs is 1. The van der Waals surface area contributed by atoms with E-state index in [1.165, 1.54) is 36.0 Å². The number of nitrogens with one attached hydrogen (secondary N) is 1. The molecular formula is C26H24BrClN4O3S. The van der Waals surface area contributed by atoms with Crippen molar-refractivity contribution >= 4 is 67.3 Å². The lowest BCUT2D eigenvalue weighted by atomic mass is 9.90. The maximum absolute atomic E-state index is 12.9. The number of carbonyl (C=O) groups excluding carboxylic acids is 1. The minimum absolute atomic E-state index is 0.0254. The minimum atomic E-state index is -0.451. The number of nitrogens with zero attached hydrogens (tertiary/aromatic N) is 3. The van der Waals surface area contributed by atoms with Gasteiger partial charge in [0.1, 0.15) is 11.7 Å². The Bertz CT molecular complexity index is 1320. The van der Waals surface area contributed by atoms with Gasteiger partial charge in [0.05, 0.1) is 17.2 Å². The third-order valence-electron chi connectivity index (χ3n) is 6.32. The summed E-state index contributed by atoms with van der Waals surface area (Å²) in [6.45, 7) is 0.268. The van der Waals surface area contributed by atoms with Gasteiger partial charge >= 0.3 is 0 Å². The predicted octanol–water partition coefficient (Wildman–Crippen LogP) is 6.89. The molecule has 3 aliphatic rings. The van der Waals surface area contributed by atoms with Crippen LogP contribution in [0.2, 0.25) is 5.02 Å². The first-order valence-corrected chi connectivity index (χ1v) is 13.7. The molecule has 186 valence electrons. The molecule has 5 rings (SSSR count). The van der Waals surface area contributed by atoms with Crippen LogP contribution in [0.25, 0.3) is 6.08 Å². The predicted molar refractivity (Wildman–Crippen MR) is 148 cm³/mol. The summed E-state index contributed by atoms with van der Waals surface area (Å²) in [5.41, 5.74) is 1.69. The molecule has 7 nitrogen and oxygen atoms in total. The number of hydrazone groups is 1. The maximum Gasteiger partial charge on any atom is 0.283 e. The molecule has 1 aliphatic carbocycles. The summed E-state index contributed by atoms with van der Waals surface area (Å²) in [5.74, 6) is 0.954. The van der Waals surface area contributed by atoms with Gasteiger partial charge in [-0.05, 0) is 70.4 Å². The van der Waals surface area contributed by atoms with Crippen LogP contribution in [-0.4, -0.2) is 34.1 Å². The Hall–Kier alpha value is -2.62. The van der Waals surface area contributed by atoms with E-state index in [1.807, 2.05) is 30.3 Å². The summed E-state index contributed by atoms with van der Waals surface area (Å²) in [6, 6.07) is 11.0. The zero-order valence-electron chi connectivity index (χ0n) is 19.6. The number of carbonyl (C=O) groups is 1. The number of thioether (sulfide) groups is 1. The van der Waals surface area contributed by atoms with E-state index < -0.39 is 5.91 Å². The van der Waals surface area contributed by atoms with E-state index in [0.29, 0.717) is 37.6 Å². The fourth-order valence-electron chi connectivity index (χ4n) is 4.42. The standard InChI is InChI=1S/C26H24BrClN4O3S/c1-34-21-13-15(12-19(27)22(21)35-14-17-9-5-6-10-20(17)28)11-18-23(29)32-26(30-24(18)33)36-25(31-32)16-7-3-2-4-8-16/h5-6,9-13,16,29H,2-4,7-8,14H2,1H3/b18-11-,29-23?. The first-order valence-electron chi connectivity index (χ1n) is 11.7. The number of amidine groups is 2. The summed E-state index contributed by atoms with van der Waals surface area (Å²) in [5, 5.41) is 16.9. The van der Waals surface area contributed by atoms with Crippen LogP contribution in [0.5, 0.6) is 11.5 Å². The van der Waals surface area contributed by atoms with Crippen LogP contribution >= 0.6 is 39.3 Å². The van der Waals surface area contributed by atoms with E-state index in [2.05, 4.69) is 26.0 Å². The van der Waals surface area contributed by atoms with Crippen molar-refractivity contribution in [1.29, 1.82) is 5.41 Å². The summed E-state index contributed by atoms with van der Waals surface area (Å²) in [7, 11) is 1.55. The van der Waals surface area contributed by atoms with Crippen molar-refractivity contribution in [3.8, 4) is 11.5 Å². The number of rotatable bonds is 6. The van der Waals surface area contributed by atoms with Crippen LogP contribution in [0.15, 0.2) is 56.5 Å². The van der Waals surface area contributed by atoms with Crippen LogP contribution in [0.1, 0.15) is 43.2 Å². The molecular weight excluding hydrogens is 564 g/mol. The fraction of sp³-hybridized carbons (Fsp3) is 0.308. The molecule has 2 aromatic rings. The Morgan fingerprint density at radius 3 is 2.78 bits per heavy atom. The largest absolute Gasteiger partial charge is 0.493 e. The van der Waals surface area contributed by atoms with Gasteiger partial charge in [0.2, 0.25) is 5.17 Å². The van der Waals surface area contributed by atoms with Crippen molar-refractivity contribution < 1.29 is 14.3 Å². The molecule has 0 radical (unpaired) electrons. The Morgan fingerprint density at radius 2 is 2.03 bits per heavy atom.